The van der Waals surface area contributed by atoms with Crippen LogP contribution in [0.25, 0.3) is 6.08 Å². The topological polar surface area (TPSA) is 78.9 Å². The van der Waals surface area contributed by atoms with Gasteiger partial charge in [-0.15, -0.1) is 0 Å². The van der Waals surface area contributed by atoms with Crippen molar-refractivity contribution in [3.63, 3.8) is 0 Å². The Bertz CT molecular complexity index is 949. The summed E-state index contributed by atoms with van der Waals surface area (Å²) in [6.45, 7) is 5.86. The Morgan fingerprint density at radius 2 is 1.81 bits per heavy atom. The van der Waals surface area contributed by atoms with Gasteiger partial charge < -0.3 is 9.64 Å². The van der Waals surface area contributed by atoms with Crippen LogP contribution in [0.1, 0.15) is 49.8 Å². The minimum Gasteiger partial charge on any atom is -0.444 e. The molecule has 2 N–H and O–H groups in total. The van der Waals surface area contributed by atoms with Crippen LogP contribution >= 0.6 is 0 Å². The Morgan fingerprint density at radius 1 is 1.16 bits per heavy atom. The highest BCUT2D eigenvalue weighted by atomic mass is 19.1. The van der Waals surface area contributed by atoms with E-state index in [1.54, 1.807) is 23.1 Å². The van der Waals surface area contributed by atoms with Crippen molar-refractivity contribution < 1.29 is 23.9 Å². The molecule has 2 aromatic rings. The predicted molar refractivity (Wildman–Crippen MR) is 115 cm³/mol. The second-order valence-electron chi connectivity index (χ2n) is 8.62. The molecule has 1 fully saturated rings. The minimum absolute atomic E-state index is 0.0202. The molecule has 1 saturated carbocycles. The first-order valence-corrected chi connectivity index (χ1v) is 10.1. The molecular weight excluding hydrogens is 399 g/mol. The molecule has 0 saturated heterocycles. The van der Waals surface area contributed by atoms with Crippen LogP contribution in [0.15, 0.2) is 54.6 Å². The zero-order valence-corrected chi connectivity index (χ0v) is 17.8. The molecule has 164 valence electrons. The molecule has 7 heteroatoms. The van der Waals surface area contributed by atoms with E-state index < -0.39 is 11.5 Å². The summed E-state index contributed by atoms with van der Waals surface area (Å²) in [5, 5.41) is 8.55. The lowest BCUT2D eigenvalue weighted by Gasteiger charge is -2.28. The van der Waals surface area contributed by atoms with Crippen LogP contribution in [0.5, 0.6) is 0 Å². The first kappa shape index (κ1) is 22.5. The molecule has 2 amide bonds. The van der Waals surface area contributed by atoms with Crippen LogP contribution in [0, 0.1) is 5.82 Å². The van der Waals surface area contributed by atoms with Crippen molar-refractivity contribution in [3.05, 3.63) is 77.1 Å². The number of hydrogen-bond donors (Lipinski definition) is 2. The lowest BCUT2D eigenvalue weighted by Crippen LogP contribution is -2.38. The number of ether oxygens (including phenoxy) is 1. The van der Waals surface area contributed by atoms with Crippen molar-refractivity contribution in [2.24, 2.45) is 0 Å². The normalized spacial score (nSPS) is 18.0. The Balaban J connectivity index is 1.74. The molecule has 31 heavy (non-hydrogen) atoms. The van der Waals surface area contributed by atoms with E-state index in [2.05, 4.69) is 0 Å². The fourth-order valence-corrected chi connectivity index (χ4v) is 3.37. The molecular formula is C24H27FN2O4. The molecule has 0 bridgehead atoms. The first-order chi connectivity index (χ1) is 14.7. The van der Waals surface area contributed by atoms with Crippen LogP contribution in [-0.4, -0.2) is 33.8 Å². The Labute approximate surface area is 181 Å². The zero-order valence-electron chi connectivity index (χ0n) is 17.8. The third kappa shape index (κ3) is 6.39. The number of halogens is 1. The van der Waals surface area contributed by atoms with E-state index in [1.807, 2.05) is 45.0 Å². The van der Waals surface area contributed by atoms with Gasteiger partial charge in [-0.2, -0.15) is 0 Å². The average Bonchev–Trinajstić information content (AvgIpc) is 3.50. The second-order valence-corrected chi connectivity index (χ2v) is 8.62. The molecule has 0 spiro atoms. The number of nitrogens with one attached hydrogen (secondary N) is 1. The largest absolute Gasteiger partial charge is 0.444 e. The maximum atomic E-state index is 13.3. The number of carbonyl (C=O) groups is 2. The van der Waals surface area contributed by atoms with Gasteiger partial charge in [0.05, 0.1) is 0 Å². The lowest BCUT2D eigenvalue weighted by molar-refractivity contribution is -0.124. The number of benzene rings is 2. The molecule has 2 unspecified atom stereocenters. The molecule has 0 heterocycles. The van der Waals surface area contributed by atoms with Crippen molar-refractivity contribution in [1.29, 1.82) is 0 Å². The van der Waals surface area contributed by atoms with Gasteiger partial charge in [0.25, 0.3) is 5.91 Å². The maximum Gasteiger partial charge on any atom is 0.410 e. The summed E-state index contributed by atoms with van der Waals surface area (Å²) in [7, 11) is 0. The summed E-state index contributed by atoms with van der Waals surface area (Å²) in [6.07, 6.45) is 3.21. The van der Waals surface area contributed by atoms with Gasteiger partial charge in [0.15, 0.2) is 0 Å². The minimum atomic E-state index is -0.614. The van der Waals surface area contributed by atoms with Crippen LogP contribution in [0.4, 0.5) is 9.18 Å². The van der Waals surface area contributed by atoms with Gasteiger partial charge in [-0.25, -0.2) is 14.7 Å². The monoisotopic (exact) mass is 426 g/mol. The second kappa shape index (κ2) is 9.31. The van der Waals surface area contributed by atoms with Gasteiger partial charge in [-0.3, -0.25) is 10.0 Å². The molecule has 1 aliphatic rings. The third-order valence-electron chi connectivity index (χ3n) is 4.95. The fourth-order valence-electron chi connectivity index (χ4n) is 3.37. The van der Waals surface area contributed by atoms with Crippen LogP contribution in [0.2, 0.25) is 0 Å². The van der Waals surface area contributed by atoms with E-state index in [0.29, 0.717) is 6.54 Å². The van der Waals surface area contributed by atoms with E-state index in [-0.39, 0.29) is 23.9 Å². The standard InChI is InChI=1S/C24H27FN2O4/c1-24(2,3)31-23(29)27(21-14-20(21)18-9-11-19(25)12-10-18)15-17-6-4-16(5-7-17)8-13-22(28)26-30/h4-13,20-21,30H,14-15H2,1-3H3,(H,26,28)/b13-8+. The molecule has 6 nitrogen and oxygen atoms in total. The molecule has 0 radical (unpaired) electrons. The summed E-state index contributed by atoms with van der Waals surface area (Å²) in [5.74, 6) is -0.747. The number of hydroxylamine groups is 1. The van der Waals surface area contributed by atoms with Crippen molar-refractivity contribution in [2.45, 2.75) is 51.3 Å². The highest BCUT2D eigenvalue weighted by molar-refractivity contribution is 5.90. The van der Waals surface area contributed by atoms with Crippen LogP contribution < -0.4 is 5.48 Å². The Hall–Kier alpha value is -3.19. The predicted octanol–water partition coefficient (Wildman–Crippen LogP) is 4.64. The summed E-state index contributed by atoms with van der Waals surface area (Å²) in [5.41, 5.74) is 3.63. The summed E-state index contributed by atoms with van der Waals surface area (Å²) in [6, 6.07) is 13.8. The Kier molecular flexibility index (Phi) is 6.75. The van der Waals surface area contributed by atoms with E-state index in [1.165, 1.54) is 23.7 Å². The van der Waals surface area contributed by atoms with Gasteiger partial charge in [-0.05, 0) is 62.1 Å². The number of amides is 2. The van der Waals surface area contributed by atoms with Gasteiger partial charge in [-0.1, -0.05) is 36.4 Å². The maximum absolute atomic E-state index is 13.3. The highest BCUT2D eigenvalue weighted by Crippen LogP contribution is 2.45. The first-order valence-electron chi connectivity index (χ1n) is 10.1. The third-order valence-corrected chi connectivity index (χ3v) is 4.95. The van der Waals surface area contributed by atoms with E-state index in [0.717, 1.165) is 23.1 Å². The molecule has 2 atom stereocenters. The zero-order chi connectivity index (χ0) is 22.6. The fraction of sp³-hybridized carbons (Fsp3) is 0.333. The van der Waals surface area contributed by atoms with Crippen LogP contribution in [-0.2, 0) is 16.1 Å². The molecule has 0 aliphatic heterocycles. The van der Waals surface area contributed by atoms with Gasteiger partial charge in [0.1, 0.15) is 11.4 Å². The van der Waals surface area contributed by atoms with E-state index >= 15 is 0 Å². The Morgan fingerprint density at radius 3 is 2.39 bits per heavy atom. The average molecular weight is 426 g/mol. The van der Waals surface area contributed by atoms with Crippen molar-refractivity contribution in [2.75, 3.05) is 0 Å². The molecule has 0 aromatic heterocycles. The van der Waals surface area contributed by atoms with Gasteiger partial charge >= 0.3 is 6.09 Å². The molecule has 1 aliphatic carbocycles. The molecule has 3 rings (SSSR count). The smallest absolute Gasteiger partial charge is 0.410 e. The van der Waals surface area contributed by atoms with Crippen molar-refractivity contribution in [3.8, 4) is 0 Å². The summed E-state index contributed by atoms with van der Waals surface area (Å²) < 4.78 is 18.9. The van der Waals surface area contributed by atoms with Gasteiger partial charge in [0.2, 0.25) is 0 Å². The lowest BCUT2D eigenvalue weighted by atomic mass is 10.1. The van der Waals surface area contributed by atoms with Crippen molar-refractivity contribution in [1.82, 2.24) is 10.4 Å². The number of carbonyl (C=O) groups excluding carboxylic acids is 2. The summed E-state index contributed by atoms with van der Waals surface area (Å²) >= 11 is 0. The molecule has 2 aromatic carbocycles. The number of nitrogens with zero attached hydrogens (tertiary/aromatic N) is 1. The summed E-state index contributed by atoms with van der Waals surface area (Å²) in [4.78, 5) is 25.8. The SMILES string of the molecule is CC(C)(C)OC(=O)N(Cc1ccc(/C=C/C(=O)NO)cc1)C1CC1c1ccc(F)cc1. The number of rotatable bonds is 6. The van der Waals surface area contributed by atoms with Crippen LogP contribution in [0.3, 0.4) is 0 Å². The van der Waals surface area contributed by atoms with E-state index in [4.69, 9.17) is 9.94 Å². The van der Waals surface area contributed by atoms with Gasteiger partial charge in [0, 0.05) is 24.6 Å². The van der Waals surface area contributed by atoms with E-state index in [9.17, 15) is 14.0 Å². The highest BCUT2D eigenvalue weighted by Gasteiger charge is 2.46. The number of hydrogen-bond acceptors (Lipinski definition) is 4. The van der Waals surface area contributed by atoms with Crippen molar-refractivity contribution >= 4 is 18.1 Å². The quantitative estimate of drug-likeness (QED) is 0.401.